The Morgan fingerprint density at radius 3 is 2.50 bits per heavy atom. The molecular formula is C35H37F3N8O4. The topological polar surface area (TPSA) is 127 Å². The van der Waals surface area contributed by atoms with E-state index in [2.05, 4.69) is 25.7 Å². The van der Waals surface area contributed by atoms with Gasteiger partial charge in [0.25, 0.3) is 11.8 Å². The molecule has 0 spiro atoms. The molecule has 2 aliphatic rings. The Labute approximate surface area is 286 Å². The molecule has 2 N–H and O–H groups in total. The van der Waals surface area contributed by atoms with Gasteiger partial charge in [0.05, 0.1) is 31.1 Å². The SMILES string of the molecule is C/C=C(\CN(C)C1COC1)C(=O)NCc1cccc([C@@H]2c3cnn(-c4ccccc4)c3N(CC)C(=O)[C@H]2NC(=O)c2ccn(C(F)(F)F)n2)c1. The first kappa shape index (κ1) is 34.6. The molecule has 15 heteroatoms. The number of fused-ring (bicyclic) bond motifs is 1. The summed E-state index contributed by atoms with van der Waals surface area (Å²) in [7, 11) is 1.95. The van der Waals surface area contributed by atoms with Gasteiger partial charge in [0.2, 0.25) is 5.91 Å². The van der Waals surface area contributed by atoms with Gasteiger partial charge >= 0.3 is 6.30 Å². The number of benzene rings is 2. The van der Waals surface area contributed by atoms with Gasteiger partial charge in [-0.3, -0.25) is 24.2 Å². The number of likely N-dealkylation sites (N-methyl/N-ethyl adjacent to an activating group) is 2. The molecule has 50 heavy (non-hydrogen) atoms. The van der Waals surface area contributed by atoms with E-state index in [0.29, 0.717) is 54.2 Å². The van der Waals surface area contributed by atoms with Crippen molar-refractivity contribution in [3.63, 3.8) is 0 Å². The molecule has 2 aliphatic heterocycles. The van der Waals surface area contributed by atoms with Crippen molar-refractivity contribution in [3.8, 4) is 5.69 Å². The summed E-state index contributed by atoms with van der Waals surface area (Å²) in [6, 6.07) is 16.5. The summed E-state index contributed by atoms with van der Waals surface area (Å²) in [5.74, 6) is -1.90. The Morgan fingerprint density at radius 2 is 1.86 bits per heavy atom. The average molecular weight is 691 g/mol. The second-order valence-electron chi connectivity index (χ2n) is 12.1. The molecule has 6 rings (SSSR count). The number of hydrogen-bond donors (Lipinski definition) is 2. The zero-order valence-corrected chi connectivity index (χ0v) is 27.7. The summed E-state index contributed by atoms with van der Waals surface area (Å²) >= 11 is 0. The van der Waals surface area contributed by atoms with Crippen molar-refractivity contribution >= 4 is 23.5 Å². The van der Waals surface area contributed by atoms with Gasteiger partial charge in [0.15, 0.2) is 0 Å². The van der Waals surface area contributed by atoms with Crippen LogP contribution in [0.25, 0.3) is 5.69 Å². The molecule has 1 fully saturated rings. The largest absolute Gasteiger partial charge is 0.504 e. The lowest BCUT2D eigenvalue weighted by Crippen LogP contribution is -2.55. The Hall–Kier alpha value is -5.28. The van der Waals surface area contributed by atoms with E-state index in [1.165, 1.54) is 4.90 Å². The number of nitrogens with zero attached hydrogens (tertiary/aromatic N) is 6. The molecule has 2 aromatic carbocycles. The molecule has 3 amide bonds. The first-order valence-electron chi connectivity index (χ1n) is 16.2. The van der Waals surface area contributed by atoms with Gasteiger partial charge in [-0.2, -0.15) is 14.9 Å². The molecule has 2 aromatic heterocycles. The third-order valence-electron chi connectivity index (χ3n) is 8.98. The highest BCUT2D eigenvalue weighted by molar-refractivity contribution is 6.04. The van der Waals surface area contributed by atoms with Crippen molar-refractivity contribution in [2.45, 2.75) is 44.7 Å². The molecule has 0 radical (unpaired) electrons. The standard InChI is InChI=1S/C35H37F3N8O4/c1-4-23(19-43(3)26-20-50-21-26)31(47)39-17-22-10-9-11-24(16-22)29-27-18-40-46(25-12-7-6-8-13-25)33(27)44(5-2)34(49)30(29)41-32(48)28-14-15-45(42-28)35(36,37)38/h4,6-16,18,26,29-30H,5,17,19-21H2,1-3H3,(H,39,47)(H,41,48)/b23-4+/t29-,30+/m1/s1. The lowest BCUT2D eigenvalue weighted by Gasteiger charge is -2.38. The predicted molar refractivity (Wildman–Crippen MR) is 177 cm³/mol. The van der Waals surface area contributed by atoms with E-state index in [4.69, 9.17) is 4.74 Å². The zero-order valence-electron chi connectivity index (χ0n) is 27.7. The van der Waals surface area contributed by atoms with Gasteiger partial charge in [0.1, 0.15) is 17.6 Å². The van der Waals surface area contributed by atoms with Gasteiger partial charge in [-0.1, -0.05) is 48.5 Å². The van der Waals surface area contributed by atoms with Crippen LogP contribution >= 0.6 is 0 Å². The van der Waals surface area contributed by atoms with Crippen molar-refractivity contribution in [1.82, 2.24) is 35.1 Å². The first-order valence-corrected chi connectivity index (χ1v) is 16.2. The minimum atomic E-state index is -4.81. The van der Waals surface area contributed by atoms with E-state index >= 15 is 0 Å². The fourth-order valence-electron chi connectivity index (χ4n) is 6.18. The molecule has 2 atom stereocenters. The van der Waals surface area contributed by atoms with Gasteiger partial charge < -0.3 is 15.4 Å². The van der Waals surface area contributed by atoms with E-state index < -0.39 is 35.8 Å². The van der Waals surface area contributed by atoms with E-state index in [9.17, 15) is 27.6 Å². The molecule has 1 saturated heterocycles. The van der Waals surface area contributed by atoms with Crippen LogP contribution in [-0.4, -0.2) is 87.6 Å². The van der Waals surface area contributed by atoms with Crippen molar-refractivity contribution < 1.29 is 32.3 Å². The summed E-state index contributed by atoms with van der Waals surface area (Å²) in [6.07, 6.45) is -0.749. The van der Waals surface area contributed by atoms with E-state index in [1.807, 2.05) is 56.4 Å². The summed E-state index contributed by atoms with van der Waals surface area (Å²) in [5, 5.41) is 13.7. The zero-order chi connectivity index (χ0) is 35.6. The van der Waals surface area contributed by atoms with Crippen molar-refractivity contribution in [1.29, 1.82) is 0 Å². The molecule has 4 aromatic rings. The Balaban J connectivity index is 1.32. The fourth-order valence-corrected chi connectivity index (χ4v) is 6.18. The highest BCUT2D eigenvalue weighted by Gasteiger charge is 2.45. The van der Waals surface area contributed by atoms with E-state index in [0.717, 1.165) is 11.6 Å². The van der Waals surface area contributed by atoms with Crippen molar-refractivity contribution in [2.24, 2.45) is 0 Å². The number of carbonyl (C=O) groups is 3. The molecule has 4 heterocycles. The number of anilines is 1. The van der Waals surface area contributed by atoms with Crippen LogP contribution in [0.5, 0.6) is 0 Å². The lowest BCUT2D eigenvalue weighted by molar-refractivity contribution is -0.212. The summed E-state index contributed by atoms with van der Waals surface area (Å²) in [5.41, 5.74) is 2.84. The third-order valence-corrected chi connectivity index (χ3v) is 8.98. The van der Waals surface area contributed by atoms with Crippen LogP contribution in [0.15, 0.2) is 84.7 Å². The molecule has 0 unspecified atom stereocenters. The third kappa shape index (κ3) is 6.91. The van der Waals surface area contributed by atoms with Gasteiger partial charge in [0, 0.05) is 42.9 Å². The maximum absolute atomic E-state index is 14.3. The first-order chi connectivity index (χ1) is 24.0. The van der Waals surface area contributed by atoms with E-state index in [1.54, 1.807) is 36.0 Å². The minimum absolute atomic E-state index is 0.185. The maximum Gasteiger partial charge on any atom is 0.504 e. The Morgan fingerprint density at radius 1 is 1.10 bits per heavy atom. The summed E-state index contributed by atoms with van der Waals surface area (Å²) in [6.45, 7) is 5.74. The predicted octanol–water partition coefficient (Wildman–Crippen LogP) is 3.74. The highest BCUT2D eigenvalue weighted by atomic mass is 19.4. The lowest BCUT2D eigenvalue weighted by atomic mass is 9.82. The Bertz CT molecular complexity index is 1900. The van der Waals surface area contributed by atoms with Crippen LogP contribution in [0.3, 0.4) is 0 Å². The molecule has 0 aliphatic carbocycles. The molecule has 0 bridgehead atoms. The van der Waals surface area contributed by atoms with Crippen molar-refractivity contribution in [2.75, 3.05) is 38.3 Å². The highest BCUT2D eigenvalue weighted by Crippen LogP contribution is 2.41. The quantitative estimate of drug-likeness (QED) is 0.230. The molecule has 0 saturated carbocycles. The number of amides is 3. The van der Waals surface area contributed by atoms with Crippen LogP contribution < -0.4 is 15.5 Å². The number of para-hydroxylation sites is 1. The second kappa shape index (κ2) is 14.3. The number of alkyl halides is 3. The molecular weight excluding hydrogens is 653 g/mol. The monoisotopic (exact) mass is 690 g/mol. The van der Waals surface area contributed by atoms with E-state index in [-0.39, 0.29) is 29.7 Å². The summed E-state index contributed by atoms with van der Waals surface area (Å²) < 4.78 is 46.4. The van der Waals surface area contributed by atoms with Gasteiger partial charge in [-0.25, -0.2) is 4.68 Å². The number of nitrogens with one attached hydrogen (secondary N) is 2. The van der Waals surface area contributed by atoms with Gasteiger partial charge in [-0.05, 0) is 50.2 Å². The van der Waals surface area contributed by atoms with Crippen molar-refractivity contribution in [3.05, 3.63) is 107 Å². The smallest absolute Gasteiger partial charge is 0.378 e. The fraction of sp³-hybridized carbons (Fsp3) is 0.343. The van der Waals surface area contributed by atoms with Gasteiger partial charge in [-0.15, -0.1) is 13.2 Å². The van der Waals surface area contributed by atoms with Crippen LogP contribution in [0, 0.1) is 0 Å². The molecule has 262 valence electrons. The number of carbonyl (C=O) groups excluding carboxylic acids is 3. The Kier molecular flexibility index (Phi) is 9.88. The number of rotatable bonds is 11. The van der Waals surface area contributed by atoms with Crippen LogP contribution in [0.1, 0.15) is 46.9 Å². The summed E-state index contributed by atoms with van der Waals surface area (Å²) in [4.78, 5) is 44.4. The number of hydrogen-bond acceptors (Lipinski definition) is 7. The molecule has 12 nitrogen and oxygen atoms in total. The number of ether oxygens (including phenoxy) is 1. The minimum Gasteiger partial charge on any atom is -0.378 e. The average Bonchev–Trinajstić information content (AvgIpc) is 3.75. The van der Waals surface area contributed by atoms with Crippen LogP contribution in [-0.2, 0) is 27.2 Å². The van der Waals surface area contributed by atoms with Crippen LogP contribution in [0.4, 0.5) is 19.0 Å². The normalized spacial score (nSPS) is 18.2. The maximum atomic E-state index is 14.3. The van der Waals surface area contributed by atoms with Crippen LogP contribution in [0.2, 0.25) is 0 Å². The second-order valence-corrected chi connectivity index (χ2v) is 12.1. The number of halogens is 3. The number of allylic oxidation sites excluding steroid dienone is 1. The number of aromatic nitrogens is 4.